The third-order valence-electron chi connectivity index (χ3n) is 2.83. The molecule has 0 unspecified atom stereocenters. The normalized spacial score (nSPS) is 10.1. The van der Waals surface area contributed by atoms with Gasteiger partial charge in [0.15, 0.2) is 0 Å². The quantitative estimate of drug-likeness (QED) is 0.890. The van der Waals surface area contributed by atoms with E-state index in [1.165, 1.54) is 19.2 Å². The maximum atomic E-state index is 11.8. The summed E-state index contributed by atoms with van der Waals surface area (Å²) >= 11 is 6.12. The van der Waals surface area contributed by atoms with Crippen molar-refractivity contribution in [1.82, 2.24) is 4.98 Å². The lowest BCUT2D eigenvalue weighted by Crippen LogP contribution is -2.12. The van der Waals surface area contributed by atoms with E-state index in [2.05, 4.69) is 4.98 Å². The van der Waals surface area contributed by atoms with Gasteiger partial charge in [0.05, 0.1) is 12.1 Å². The molecular weight excluding hydrogens is 280 g/mol. The number of phenols is 1. The molecule has 0 amide bonds. The topological polar surface area (TPSA) is 86.1 Å². The Bertz CT molecular complexity index is 752. The summed E-state index contributed by atoms with van der Waals surface area (Å²) in [6, 6.07) is 6.30. The van der Waals surface area contributed by atoms with E-state index in [9.17, 15) is 9.90 Å². The van der Waals surface area contributed by atoms with Crippen molar-refractivity contribution in [3.05, 3.63) is 44.8 Å². The minimum absolute atomic E-state index is 0.0991. The second-order valence-corrected chi connectivity index (χ2v) is 4.59. The second kappa shape index (κ2) is 5.27. The second-order valence-electron chi connectivity index (χ2n) is 4.19. The van der Waals surface area contributed by atoms with Crippen molar-refractivity contribution >= 4 is 11.6 Å². The van der Waals surface area contributed by atoms with Gasteiger partial charge in [0.2, 0.25) is 0 Å². The molecule has 20 heavy (non-hydrogen) atoms. The van der Waals surface area contributed by atoms with Crippen LogP contribution in [0, 0.1) is 18.3 Å². The van der Waals surface area contributed by atoms with Gasteiger partial charge in [-0.3, -0.25) is 4.79 Å². The molecule has 1 aromatic heterocycles. The van der Waals surface area contributed by atoms with Gasteiger partial charge in [-0.2, -0.15) is 5.26 Å². The van der Waals surface area contributed by atoms with E-state index in [-0.39, 0.29) is 21.9 Å². The highest BCUT2D eigenvalue weighted by Gasteiger charge is 2.17. The fraction of sp³-hybridized carbons (Fsp3) is 0.143. The SMILES string of the molecule is COc1cc(O)c(-c2cc(C)[nH]c(=O)c2C#N)c(Cl)c1. The van der Waals surface area contributed by atoms with Crippen LogP contribution in [-0.4, -0.2) is 17.2 Å². The highest BCUT2D eigenvalue weighted by atomic mass is 35.5. The molecule has 0 saturated carbocycles. The van der Waals surface area contributed by atoms with Crippen molar-refractivity contribution < 1.29 is 9.84 Å². The number of ether oxygens (including phenoxy) is 1. The first-order valence-electron chi connectivity index (χ1n) is 5.68. The number of H-pyrrole nitrogens is 1. The Balaban J connectivity index is 2.82. The number of aromatic amines is 1. The molecule has 0 bridgehead atoms. The summed E-state index contributed by atoms with van der Waals surface area (Å²) in [5.41, 5.74) is 0.471. The zero-order valence-electron chi connectivity index (χ0n) is 10.8. The van der Waals surface area contributed by atoms with Gasteiger partial charge < -0.3 is 14.8 Å². The zero-order chi connectivity index (χ0) is 14.9. The van der Waals surface area contributed by atoms with Crippen LogP contribution in [-0.2, 0) is 0 Å². The molecule has 1 heterocycles. The number of hydrogen-bond acceptors (Lipinski definition) is 4. The van der Waals surface area contributed by atoms with Crippen molar-refractivity contribution in [1.29, 1.82) is 5.26 Å². The van der Waals surface area contributed by atoms with Crippen LogP contribution in [0.15, 0.2) is 23.0 Å². The zero-order valence-corrected chi connectivity index (χ0v) is 11.6. The molecule has 0 spiro atoms. The van der Waals surface area contributed by atoms with E-state index in [0.29, 0.717) is 17.0 Å². The van der Waals surface area contributed by atoms with E-state index in [1.807, 2.05) is 6.07 Å². The molecule has 0 radical (unpaired) electrons. The molecule has 6 heteroatoms. The summed E-state index contributed by atoms with van der Waals surface area (Å²) < 4.78 is 4.99. The summed E-state index contributed by atoms with van der Waals surface area (Å²) in [4.78, 5) is 14.3. The first-order valence-corrected chi connectivity index (χ1v) is 6.06. The van der Waals surface area contributed by atoms with Gasteiger partial charge in [0, 0.05) is 22.9 Å². The Labute approximate surface area is 120 Å². The molecule has 1 aromatic carbocycles. The summed E-state index contributed by atoms with van der Waals surface area (Å²) in [6.45, 7) is 1.68. The predicted octanol–water partition coefficient (Wildman–Crippen LogP) is 2.59. The van der Waals surface area contributed by atoms with Gasteiger partial charge in [-0.05, 0) is 19.1 Å². The molecule has 2 N–H and O–H groups in total. The van der Waals surface area contributed by atoms with Crippen LogP contribution in [0.2, 0.25) is 5.02 Å². The molecule has 0 atom stereocenters. The largest absolute Gasteiger partial charge is 0.507 e. The molecule has 5 nitrogen and oxygen atoms in total. The van der Waals surface area contributed by atoms with Crippen LogP contribution in [0.1, 0.15) is 11.3 Å². The fourth-order valence-electron chi connectivity index (χ4n) is 1.95. The number of nitrogens with one attached hydrogen (secondary N) is 1. The van der Waals surface area contributed by atoms with Crippen LogP contribution in [0.4, 0.5) is 0 Å². The van der Waals surface area contributed by atoms with Crippen molar-refractivity contribution in [2.24, 2.45) is 0 Å². The van der Waals surface area contributed by atoms with Gasteiger partial charge in [-0.1, -0.05) is 11.6 Å². The van der Waals surface area contributed by atoms with Crippen LogP contribution in [0.5, 0.6) is 11.5 Å². The summed E-state index contributed by atoms with van der Waals surface area (Å²) in [6.07, 6.45) is 0. The van der Waals surface area contributed by atoms with Crippen molar-refractivity contribution in [2.45, 2.75) is 6.92 Å². The molecule has 0 aliphatic rings. The maximum Gasteiger partial charge on any atom is 0.266 e. The Hall–Kier alpha value is -2.45. The number of rotatable bonds is 2. The number of aryl methyl sites for hydroxylation is 1. The van der Waals surface area contributed by atoms with Gasteiger partial charge in [0.25, 0.3) is 5.56 Å². The van der Waals surface area contributed by atoms with Crippen LogP contribution >= 0.6 is 11.6 Å². The highest BCUT2D eigenvalue weighted by Crippen LogP contribution is 2.40. The number of hydrogen-bond donors (Lipinski definition) is 2. The third kappa shape index (κ3) is 2.33. The minimum Gasteiger partial charge on any atom is -0.507 e. The summed E-state index contributed by atoms with van der Waals surface area (Å²) in [5, 5.41) is 19.4. The molecule has 0 aliphatic carbocycles. The van der Waals surface area contributed by atoms with Gasteiger partial charge in [-0.15, -0.1) is 0 Å². The number of pyridine rings is 1. The summed E-state index contributed by atoms with van der Waals surface area (Å²) in [5.74, 6) is 0.229. The average Bonchev–Trinajstić information content (AvgIpc) is 2.37. The number of benzene rings is 1. The van der Waals surface area contributed by atoms with Gasteiger partial charge in [-0.25, -0.2) is 0 Å². The smallest absolute Gasteiger partial charge is 0.266 e. The number of nitrogens with zero attached hydrogens (tertiary/aromatic N) is 1. The monoisotopic (exact) mass is 290 g/mol. The standard InChI is InChI=1S/C14H11ClN2O3/c1-7-3-9(10(6-16)14(19)17-7)13-11(15)4-8(20-2)5-12(13)18/h3-5,18H,1-2H3,(H,17,19). The lowest BCUT2D eigenvalue weighted by molar-refractivity contribution is 0.408. The van der Waals surface area contributed by atoms with Crippen LogP contribution in [0.25, 0.3) is 11.1 Å². The van der Waals surface area contributed by atoms with Crippen LogP contribution < -0.4 is 10.3 Å². The minimum atomic E-state index is -0.520. The van der Waals surface area contributed by atoms with E-state index in [1.54, 1.807) is 13.0 Å². The number of aromatic hydroxyl groups is 1. The van der Waals surface area contributed by atoms with Crippen molar-refractivity contribution in [3.8, 4) is 28.7 Å². The number of methoxy groups -OCH3 is 1. The Morgan fingerprint density at radius 2 is 2.10 bits per heavy atom. The Kier molecular flexibility index (Phi) is 3.68. The van der Waals surface area contributed by atoms with Gasteiger partial charge >= 0.3 is 0 Å². The highest BCUT2D eigenvalue weighted by molar-refractivity contribution is 6.34. The van der Waals surface area contributed by atoms with Gasteiger partial charge in [0.1, 0.15) is 23.1 Å². The lowest BCUT2D eigenvalue weighted by atomic mass is 10.00. The molecule has 0 saturated heterocycles. The lowest BCUT2D eigenvalue weighted by Gasteiger charge is -2.11. The number of aromatic nitrogens is 1. The van der Waals surface area contributed by atoms with Crippen molar-refractivity contribution in [3.63, 3.8) is 0 Å². The molecule has 2 rings (SSSR count). The van der Waals surface area contributed by atoms with Crippen LogP contribution in [0.3, 0.4) is 0 Å². The maximum absolute atomic E-state index is 11.8. The summed E-state index contributed by atoms with van der Waals surface area (Å²) in [7, 11) is 1.45. The number of halogens is 1. The van der Waals surface area contributed by atoms with E-state index < -0.39 is 5.56 Å². The molecule has 0 aliphatic heterocycles. The first-order chi connectivity index (χ1) is 9.47. The fourth-order valence-corrected chi connectivity index (χ4v) is 2.26. The van der Waals surface area contributed by atoms with E-state index in [0.717, 1.165) is 0 Å². The van der Waals surface area contributed by atoms with E-state index in [4.69, 9.17) is 21.6 Å². The number of nitriles is 1. The first kappa shape index (κ1) is 14.0. The Morgan fingerprint density at radius 1 is 1.40 bits per heavy atom. The third-order valence-corrected chi connectivity index (χ3v) is 3.13. The molecule has 0 fully saturated rings. The average molecular weight is 291 g/mol. The number of phenolic OH excluding ortho intramolecular Hbond substituents is 1. The molecule has 2 aromatic rings. The predicted molar refractivity (Wildman–Crippen MR) is 75.2 cm³/mol. The van der Waals surface area contributed by atoms with E-state index >= 15 is 0 Å². The van der Waals surface area contributed by atoms with Crippen molar-refractivity contribution in [2.75, 3.05) is 7.11 Å². The molecule has 102 valence electrons. The molecular formula is C14H11ClN2O3. The Morgan fingerprint density at radius 3 is 2.65 bits per heavy atom.